The van der Waals surface area contributed by atoms with Crippen molar-refractivity contribution in [3.8, 4) is 17.3 Å². The Morgan fingerprint density at radius 3 is 2.83 bits per heavy atom. The second-order valence-corrected chi connectivity index (χ2v) is 5.11. The van der Waals surface area contributed by atoms with Gasteiger partial charge in [-0.05, 0) is 18.6 Å². The predicted octanol–water partition coefficient (Wildman–Crippen LogP) is 3.00. The minimum Gasteiger partial charge on any atom is -0.369 e. The Bertz CT molecular complexity index is 622. The van der Waals surface area contributed by atoms with E-state index in [-0.39, 0.29) is 0 Å². The molecule has 3 rings (SSSR count). The molecule has 90 valence electrons. The highest BCUT2D eigenvalue weighted by Gasteiger charge is 2.20. The van der Waals surface area contributed by atoms with Gasteiger partial charge in [0.25, 0.3) is 0 Å². The Morgan fingerprint density at radius 1 is 1.33 bits per heavy atom. The van der Waals surface area contributed by atoms with Gasteiger partial charge in [0, 0.05) is 23.1 Å². The van der Waals surface area contributed by atoms with Gasteiger partial charge in [-0.25, -0.2) is 4.68 Å². The lowest BCUT2D eigenvalue weighted by Gasteiger charge is -2.14. The Hall–Kier alpha value is -1.80. The van der Waals surface area contributed by atoms with Gasteiger partial charge in [-0.15, -0.1) is 0 Å². The largest absolute Gasteiger partial charge is 0.369 e. The zero-order valence-electron chi connectivity index (χ0n) is 9.65. The molecule has 0 bridgehead atoms. The van der Waals surface area contributed by atoms with E-state index in [0.717, 1.165) is 41.1 Å². The summed E-state index contributed by atoms with van der Waals surface area (Å²) in [4.78, 5) is 0. The molecule has 0 saturated carbocycles. The van der Waals surface area contributed by atoms with Crippen molar-refractivity contribution in [1.29, 1.82) is 5.26 Å². The third kappa shape index (κ3) is 1.79. The molecule has 1 aromatic heterocycles. The summed E-state index contributed by atoms with van der Waals surface area (Å²) in [5.74, 6) is 0.849. The monoisotopic (exact) mass is 302 g/mol. The standard InChI is InChI=1S/C13H11BrN4/c14-10-4-2-9(3-5-10)12-11(8-15)13-16-6-1-7-18(13)17-12/h2-5,16H,1,6-7H2. The van der Waals surface area contributed by atoms with E-state index >= 15 is 0 Å². The molecule has 0 saturated heterocycles. The van der Waals surface area contributed by atoms with Crippen LogP contribution in [0.5, 0.6) is 0 Å². The average molecular weight is 303 g/mol. The van der Waals surface area contributed by atoms with Crippen LogP contribution in [0.25, 0.3) is 11.3 Å². The Kier molecular flexibility index (Phi) is 2.80. The maximum atomic E-state index is 9.33. The van der Waals surface area contributed by atoms with Crippen LogP contribution in [-0.2, 0) is 6.54 Å². The number of aromatic nitrogens is 2. The average Bonchev–Trinajstić information content (AvgIpc) is 2.78. The highest BCUT2D eigenvalue weighted by atomic mass is 79.9. The first-order valence-corrected chi connectivity index (χ1v) is 6.59. The molecule has 18 heavy (non-hydrogen) atoms. The van der Waals surface area contributed by atoms with Crippen LogP contribution in [0.2, 0.25) is 0 Å². The number of nitriles is 1. The fourth-order valence-electron chi connectivity index (χ4n) is 2.15. The highest BCUT2D eigenvalue weighted by molar-refractivity contribution is 9.10. The van der Waals surface area contributed by atoms with Crippen molar-refractivity contribution in [1.82, 2.24) is 9.78 Å². The van der Waals surface area contributed by atoms with Gasteiger partial charge < -0.3 is 5.32 Å². The number of nitrogens with one attached hydrogen (secondary N) is 1. The molecule has 0 radical (unpaired) electrons. The van der Waals surface area contributed by atoms with Gasteiger partial charge in [-0.2, -0.15) is 10.4 Å². The molecule has 0 atom stereocenters. The topological polar surface area (TPSA) is 53.6 Å². The second-order valence-electron chi connectivity index (χ2n) is 4.19. The second kappa shape index (κ2) is 4.46. The van der Waals surface area contributed by atoms with E-state index in [1.807, 2.05) is 28.9 Å². The maximum Gasteiger partial charge on any atom is 0.143 e. The van der Waals surface area contributed by atoms with E-state index in [0.29, 0.717) is 5.56 Å². The van der Waals surface area contributed by atoms with Gasteiger partial charge in [0.2, 0.25) is 0 Å². The van der Waals surface area contributed by atoms with Crippen LogP contribution in [-0.4, -0.2) is 16.3 Å². The van der Waals surface area contributed by atoms with Crippen LogP contribution in [0.15, 0.2) is 28.7 Å². The number of hydrogen-bond acceptors (Lipinski definition) is 3. The van der Waals surface area contributed by atoms with Crippen molar-refractivity contribution < 1.29 is 0 Å². The molecule has 1 aliphatic heterocycles. The number of nitrogens with zero attached hydrogens (tertiary/aromatic N) is 3. The molecular formula is C13H11BrN4. The summed E-state index contributed by atoms with van der Waals surface area (Å²) in [5.41, 5.74) is 2.37. The van der Waals surface area contributed by atoms with Gasteiger partial charge in [0.1, 0.15) is 23.1 Å². The van der Waals surface area contributed by atoms with E-state index < -0.39 is 0 Å². The molecule has 0 fully saturated rings. The lowest BCUT2D eigenvalue weighted by atomic mass is 10.1. The van der Waals surface area contributed by atoms with Crippen molar-refractivity contribution in [3.63, 3.8) is 0 Å². The summed E-state index contributed by atoms with van der Waals surface area (Å²) in [7, 11) is 0. The molecule has 5 heteroatoms. The number of benzene rings is 1. The van der Waals surface area contributed by atoms with Crippen molar-refractivity contribution >= 4 is 21.7 Å². The summed E-state index contributed by atoms with van der Waals surface area (Å²) in [6.45, 7) is 1.77. The zero-order chi connectivity index (χ0) is 12.5. The van der Waals surface area contributed by atoms with Crippen molar-refractivity contribution in [2.45, 2.75) is 13.0 Å². The van der Waals surface area contributed by atoms with Crippen LogP contribution >= 0.6 is 15.9 Å². The van der Waals surface area contributed by atoms with Gasteiger partial charge in [-0.3, -0.25) is 0 Å². The van der Waals surface area contributed by atoms with Crippen molar-refractivity contribution in [3.05, 3.63) is 34.3 Å². The van der Waals surface area contributed by atoms with E-state index in [1.165, 1.54) is 0 Å². The Labute approximate surface area is 113 Å². The van der Waals surface area contributed by atoms with Crippen LogP contribution in [0.3, 0.4) is 0 Å². The lowest BCUT2D eigenvalue weighted by Crippen LogP contribution is -2.17. The molecule has 0 amide bonds. The molecule has 1 aliphatic rings. The molecule has 2 heterocycles. The Balaban J connectivity index is 2.15. The van der Waals surface area contributed by atoms with E-state index in [1.54, 1.807) is 0 Å². The summed E-state index contributed by atoms with van der Waals surface area (Å²) >= 11 is 3.41. The van der Waals surface area contributed by atoms with Crippen molar-refractivity contribution in [2.24, 2.45) is 0 Å². The first-order valence-electron chi connectivity index (χ1n) is 5.80. The third-order valence-electron chi connectivity index (χ3n) is 3.02. The van der Waals surface area contributed by atoms with Gasteiger partial charge in [0.15, 0.2) is 0 Å². The number of anilines is 1. The van der Waals surface area contributed by atoms with Crippen molar-refractivity contribution in [2.75, 3.05) is 11.9 Å². The quantitative estimate of drug-likeness (QED) is 0.881. The molecular weight excluding hydrogens is 292 g/mol. The SMILES string of the molecule is N#Cc1c(-c2ccc(Br)cc2)nn2c1NCCC2. The Morgan fingerprint density at radius 2 is 2.11 bits per heavy atom. The molecule has 0 unspecified atom stereocenters. The number of rotatable bonds is 1. The lowest BCUT2D eigenvalue weighted by molar-refractivity contribution is 0.569. The van der Waals surface area contributed by atoms with E-state index in [4.69, 9.17) is 0 Å². The summed E-state index contributed by atoms with van der Waals surface area (Å²) in [5, 5.41) is 17.1. The van der Waals surface area contributed by atoms with E-state index in [2.05, 4.69) is 32.4 Å². The van der Waals surface area contributed by atoms with Gasteiger partial charge in [0.05, 0.1) is 0 Å². The number of fused-ring (bicyclic) bond motifs is 1. The molecule has 2 aromatic rings. The van der Waals surface area contributed by atoms with E-state index in [9.17, 15) is 5.26 Å². The van der Waals surface area contributed by atoms with Crippen LogP contribution in [0.4, 0.5) is 5.82 Å². The summed E-state index contributed by atoms with van der Waals surface area (Å²) < 4.78 is 2.91. The molecule has 1 aromatic carbocycles. The molecule has 0 spiro atoms. The summed E-state index contributed by atoms with van der Waals surface area (Å²) in [6, 6.07) is 10.1. The minimum absolute atomic E-state index is 0.636. The molecule has 4 nitrogen and oxygen atoms in total. The maximum absolute atomic E-state index is 9.33. The fraction of sp³-hybridized carbons (Fsp3) is 0.231. The smallest absolute Gasteiger partial charge is 0.143 e. The number of hydrogen-bond donors (Lipinski definition) is 1. The first kappa shape index (κ1) is 11.3. The fourth-order valence-corrected chi connectivity index (χ4v) is 2.42. The van der Waals surface area contributed by atoms with Gasteiger partial charge in [-0.1, -0.05) is 28.1 Å². The number of halogens is 1. The molecule has 1 N–H and O–H groups in total. The van der Waals surface area contributed by atoms with Crippen LogP contribution < -0.4 is 5.32 Å². The highest BCUT2D eigenvalue weighted by Crippen LogP contribution is 2.30. The summed E-state index contributed by atoms with van der Waals surface area (Å²) in [6.07, 6.45) is 1.04. The van der Waals surface area contributed by atoms with Crippen LogP contribution in [0.1, 0.15) is 12.0 Å². The zero-order valence-corrected chi connectivity index (χ0v) is 11.2. The predicted molar refractivity (Wildman–Crippen MR) is 73.2 cm³/mol. The number of aryl methyl sites for hydroxylation is 1. The van der Waals surface area contributed by atoms with Gasteiger partial charge >= 0.3 is 0 Å². The van der Waals surface area contributed by atoms with Crippen LogP contribution in [0, 0.1) is 11.3 Å². The normalized spacial score (nSPS) is 13.6. The third-order valence-corrected chi connectivity index (χ3v) is 3.55. The molecule has 0 aliphatic carbocycles. The minimum atomic E-state index is 0.636. The first-order chi connectivity index (χ1) is 8.79.